The number of carbonyl (C=O) groups excluding carboxylic acids is 1. The third-order valence-electron chi connectivity index (χ3n) is 3.87. The summed E-state index contributed by atoms with van der Waals surface area (Å²) < 4.78 is 5.77. The van der Waals surface area contributed by atoms with Crippen LogP contribution in [0.25, 0.3) is 0 Å². The summed E-state index contributed by atoms with van der Waals surface area (Å²) in [6.45, 7) is 6.84. The fourth-order valence-corrected chi connectivity index (χ4v) is 2.93. The number of hydrogen-bond acceptors (Lipinski definition) is 4. The minimum absolute atomic E-state index is 0.331. The first-order valence-electron chi connectivity index (χ1n) is 7.41. The normalized spacial score (nSPS) is 25.5. The van der Waals surface area contributed by atoms with Crippen LogP contribution in [0.2, 0.25) is 0 Å². The zero-order valence-corrected chi connectivity index (χ0v) is 12.3. The van der Waals surface area contributed by atoms with Gasteiger partial charge >= 0.3 is 0 Å². The van der Waals surface area contributed by atoms with Gasteiger partial charge in [0.2, 0.25) is 5.91 Å². The summed E-state index contributed by atoms with van der Waals surface area (Å²) in [6, 6.07) is 0. The molecule has 0 N–H and O–H groups in total. The molecule has 2 saturated heterocycles. The highest BCUT2D eigenvalue weighted by atomic mass is 16.5. The van der Waals surface area contributed by atoms with Crippen molar-refractivity contribution in [1.82, 2.24) is 14.7 Å². The smallest absolute Gasteiger partial charge is 0.222 e. The molecule has 2 aliphatic rings. The van der Waals surface area contributed by atoms with Gasteiger partial charge in [-0.15, -0.1) is 0 Å². The lowest BCUT2D eigenvalue weighted by atomic mass is 10.2. The highest BCUT2D eigenvalue weighted by Crippen LogP contribution is 2.11. The van der Waals surface area contributed by atoms with Gasteiger partial charge in [-0.3, -0.25) is 9.69 Å². The number of morpholine rings is 1. The van der Waals surface area contributed by atoms with E-state index in [9.17, 15) is 4.79 Å². The number of amides is 1. The van der Waals surface area contributed by atoms with E-state index >= 15 is 0 Å². The van der Waals surface area contributed by atoms with Gasteiger partial charge < -0.3 is 14.5 Å². The van der Waals surface area contributed by atoms with Crippen molar-refractivity contribution in [2.45, 2.75) is 25.4 Å². The number of likely N-dealkylation sites (N-methyl/N-ethyl adjacent to an activating group) is 1. The third kappa shape index (κ3) is 4.75. The maximum Gasteiger partial charge on any atom is 0.222 e. The Morgan fingerprint density at radius 2 is 2.16 bits per heavy atom. The number of nitrogens with zero attached hydrogens (tertiary/aromatic N) is 3. The van der Waals surface area contributed by atoms with Crippen molar-refractivity contribution in [3.8, 4) is 0 Å². The Bertz CT molecular complexity index is 296. The number of carbonyl (C=O) groups is 1. The van der Waals surface area contributed by atoms with Gasteiger partial charge in [-0.25, -0.2) is 0 Å². The van der Waals surface area contributed by atoms with E-state index in [0.717, 1.165) is 65.1 Å². The summed E-state index contributed by atoms with van der Waals surface area (Å²) in [5, 5.41) is 0. The average molecular weight is 269 g/mol. The van der Waals surface area contributed by atoms with Crippen molar-refractivity contribution in [3.05, 3.63) is 0 Å². The first-order chi connectivity index (χ1) is 9.15. The molecule has 0 aromatic rings. The summed E-state index contributed by atoms with van der Waals surface area (Å²) in [6.07, 6.45) is 3.21. The molecule has 2 fully saturated rings. The summed E-state index contributed by atoms with van der Waals surface area (Å²) in [7, 11) is 4.17. The highest BCUT2D eigenvalue weighted by Gasteiger charge is 2.22. The molecule has 0 aliphatic carbocycles. The molecule has 110 valence electrons. The van der Waals surface area contributed by atoms with Crippen LogP contribution in [0.15, 0.2) is 0 Å². The van der Waals surface area contributed by atoms with E-state index in [1.54, 1.807) is 0 Å². The first-order valence-corrected chi connectivity index (χ1v) is 7.41. The molecule has 0 saturated carbocycles. The largest absolute Gasteiger partial charge is 0.374 e. The molecular weight excluding hydrogens is 242 g/mol. The predicted octanol–water partition coefficient (Wildman–Crippen LogP) is 0.261. The molecule has 0 radical (unpaired) electrons. The molecule has 0 unspecified atom stereocenters. The minimum atomic E-state index is 0.331. The number of ether oxygens (including phenoxy) is 1. The van der Waals surface area contributed by atoms with E-state index in [1.807, 2.05) is 4.90 Å². The molecule has 2 aliphatic heterocycles. The van der Waals surface area contributed by atoms with Crippen molar-refractivity contribution in [1.29, 1.82) is 0 Å². The van der Waals surface area contributed by atoms with Crippen LogP contribution < -0.4 is 0 Å². The first kappa shape index (κ1) is 14.8. The Morgan fingerprint density at radius 1 is 1.32 bits per heavy atom. The number of likely N-dealkylation sites (tertiary alicyclic amines) is 1. The fourth-order valence-electron chi connectivity index (χ4n) is 2.93. The molecule has 1 amide bonds. The summed E-state index contributed by atoms with van der Waals surface area (Å²) in [4.78, 5) is 18.2. The molecule has 1 atom stereocenters. The monoisotopic (exact) mass is 269 g/mol. The Morgan fingerprint density at radius 3 is 2.84 bits per heavy atom. The van der Waals surface area contributed by atoms with Crippen molar-refractivity contribution in [2.75, 3.05) is 60.0 Å². The summed E-state index contributed by atoms with van der Waals surface area (Å²) >= 11 is 0. The van der Waals surface area contributed by atoms with Gasteiger partial charge in [0.15, 0.2) is 0 Å². The van der Waals surface area contributed by atoms with E-state index < -0.39 is 0 Å². The van der Waals surface area contributed by atoms with Gasteiger partial charge in [-0.1, -0.05) is 0 Å². The van der Waals surface area contributed by atoms with Crippen LogP contribution >= 0.6 is 0 Å². The minimum Gasteiger partial charge on any atom is -0.374 e. The lowest BCUT2D eigenvalue weighted by Crippen LogP contribution is -2.47. The van der Waals surface area contributed by atoms with Crippen molar-refractivity contribution in [3.63, 3.8) is 0 Å². The molecule has 0 spiro atoms. The van der Waals surface area contributed by atoms with E-state index in [4.69, 9.17) is 4.74 Å². The highest BCUT2D eigenvalue weighted by molar-refractivity contribution is 5.77. The second kappa shape index (κ2) is 7.22. The van der Waals surface area contributed by atoms with Crippen LogP contribution in [0.3, 0.4) is 0 Å². The second-order valence-corrected chi connectivity index (χ2v) is 5.89. The molecule has 0 bridgehead atoms. The van der Waals surface area contributed by atoms with E-state index in [-0.39, 0.29) is 0 Å². The average Bonchev–Trinajstić information content (AvgIpc) is 2.75. The SMILES string of the molecule is CN(C)C[C@H]1CN(CCCN2CCCC2=O)CCO1. The molecule has 19 heavy (non-hydrogen) atoms. The molecule has 2 heterocycles. The molecular formula is C14H27N3O2. The van der Waals surface area contributed by atoms with Crippen LogP contribution in [-0.2, 0) is 9.53 Å². The summed E-state index contributed by atoms with van der Waals surface area (Å²) in [5.41, 5.74) is 0. The van der Waals surface area contributed by atoms with Gasteiger partial charge in [0.1, 0.15) is 0 Å². The van der Waals surface area contributed by atoms with E-state index in [2.05, 4.69) is 23.9 Å². The van der Waals surface area contributed by atoms with Crippen LogP contribution in [0, 0.1) is 0 Å². The van der Waals surface area contributed by atoms with Gasteiger partial charge in [-0.2, -0.15) is 0 Å². The molecule has 5 heteroatoms. The predicted molar refractivity (Wildman–Crippen MR) is 75.2 cm³/mol. The Balaban J connectivity index is 1.63. The Hall–Kier alpha value is -0.650. The van der Waals surface area contributed by atoms with Crippen LogP contribution in [-0.4, -0.2) is 86.7 Å². The number of rotatable bonds is 6. The van der Waals surface area contributed by atoms with Crippen LogP contribution in [0.5, 0.6) is 0 Å². The molecule has 5 nitrogen and oxygen atoms in total. The molecule has 0 aromatic heterocycles. The fraction of sp³-hybridized carbons (Fsp3) is 0.929. The van der Waals surface area contributed by atoms with Crippen LogP contribution in [0.4, 0.5) is 0 Å². The summed E-state index contributed by atoms with van der Waals surface area (Å²) in [5.74, 6) is 0.340. The Labute approximate surface area is 116 Å². The van der Waals surface area contributed by atoms with Gasteiger partial charge in [0.25, 0.3) is 0 Å². The maximum atomic E-state index is 11.5. The second-order valence-electron chi connectivity index (χ2n) is 5.89. The van der Waals surface area contributed by atoms with Crippen molar-refractivity contribution >= 4 is 5.91 Å². The lowest BCUT2D eigenvalue weighted by Gasteiger charge is -2.34. The van der Waals surface area contributed by atoms with E-state index in [1.165, 1.54) is 0 Å². The topological polar surface area (TPSA) is 36.0 Å². The molecule has 2 rings (SSSR count). The quantitative estimate of drug-likeness (QED) is 0.693. The molecule has 0 aromatic carbocycles. The van der Waals surface area contributed by atoms with Gasteiger partial charge in [-0.05, 0) is 26.9 Å². The lowest BCUT2D eigenvalue weighted by molar-refractivity contribution is -0.127. The van der Waals surface area contributed by atoms with Crippen molar-refractivity contribution < 1.29 is 9.53 Å². The van der Waals surface area contributed by atoms with E-state index in [0.29, 0.717) is 12.0 Å². The zero-order valence-electron chi connectivity index (χ0n) is 12.3. The number of hydrogen-bond donors (Lipinski definition) is 0. The zero-order chi connectivity index (χ0) is 13.7. The van der Waals surface area contributed by atoms with Crippen molar-refractivity contribution in [2.24, 2.45) is 0 Å². The standard InChI is InChI=1S/C14H27N3O2/c1-15(2)11-13-12-16(9-10-19-13)6-4-8-17-7-3-5-14(17)18/h13H,3-12H2,1-2H3/t13-/m0/s1. The van der Waals surface area contributed by atoms with Crippen LogP contribution in [0.1, 0.15) is 19.3 Å². The maximum absolute atomic E-state index is 11.5. The third-order valence-corrected chi connectivity index (χ3v) is 3.87. The van der Waals surface area contributed by atoms with Gasteiger partial charge in [0, 0.05) is 45.7 Å². The Kier molecular flexibility index (Phi) is 5.60. The van der Waals surface area contributed by atoms with Gasteiger partial charge in [0.05, 0.1) is 12.7 Å².